The van der Waals surface area contributed by atoms with Gasteiger partial charge in [0.2, 0.25) is 5.88 Å². The zero-order valence-electron chi connectivity index (χ0n) is 6.24. The van der Waals surface area contributed by atoms with Gasteiger partial charge in [0.05, 0.1) is 0 Å². The molecule has 0 atom stereocenters. The number of aryl methyl sites for hydroxylation is 1. The minimum atomic E-state index is -0.480. The Bertz CT molecular complexity index is 436. The number of hydrogen-bond acceptors (Lipinski definition) is 5. The molecule has 6 heteroatoms. The summed E-state index contributed by atoms with van der Waals surface area (Å²) in [5, 5.41) is 18.1. The van der Waals surface area contributed by atoms with E-state index in [0.29, 0.717) is 11.3 Å². The first-order chi connectivity index (χ1) is 5.66. The van der Waals surface area contributed by atoms with Crippen molar-refractivity contribution in [3.63, 3.8) is 0 Å². The predicted molar refractivity (Wildman–Crippen MR) is 39.8 cm³/mol. The summed E-state index contributed by atoms with van der Waals surface area (Å²) in [6, 6.07) is -0.480. The van der Waals surface area contributed by atoms with Crippen LogP contribution in [0, 0.1) is 6.92 Å². The number of aromatic nitrogens is 4. The van der Waals surface area contributed by atoms with Crippen molar-refractivity contribution in [2.75, 3.05) is 0 Å². The first kappa shape index (κ1) is 6.84. The second-order valence-corrected chi connectivity index (χ2v) is 2.37. The number of hydrogen-bond donors (Lipinski definition) is 3. The molecule has 0 fully saturated rings. The molecule has 62 valence electrons. The molecule has 2 aromatic heterocycles. The molecule has 0 saturated carbocycles. The lowest BCUT2D eigenvalue weighted by Crippen LogP contribution is -1.83. The second kappa shape index (κ2) is 2.07. The van der Waals surface area contributed by atoms with Gasteiger partial charge in [-0.15, -0.1) is 0 Å². The molecule has 0 aliphatic rings. The Morgan fingerprint density at radius 2 is 1.92 bits per heavy atom. The fourth-order valence-electron chi connectivity index (χ4n) is 0.987. The van der Waals surface area contributed by atoms with Gasteiger partial charge in [0, 0.05) is 0 Å². The summed E-state index contributed by atoms with van der Waals surface area (Å²) < 4.78 is 0. The maximum absolute atomic E-state index is 9.18. The molecule has 3 N–H and O–H groups in total. The number of nitrogens with one attached hydrogen (secondary N) is 1. The zero-order valence-corrected chi connectivity index (χ0v) is 6.24. The van der Waals surface area contributed by atoms with E-state index in [4.69, 9.17) is 5.11 Å². The van der Waals surface area contributed by atoms with Crippen molar-refractivity contribution < 1.29 is 10.2 Å². The van der Waals surface area contributed by atoms with Crippen molar-refractivity contribution in [3.8, 4) is 11.9 Å². The highest BCUT2D eigenvalue weighted by molar-refractivity contribution is 5.75. The maximum Gasteiger partial charge on any atom is 0.319 e. The quantitative estimate of drug-likeness (QED) is 0.514. The largest absolute Gasteiger partial charge is 0.492 e. The van der Waals surface area contributed by atoms with E-state index in [0.717, 1.165) is 0 Å². The Morgan fingerprint density at radius 1 is 1.17 bits per heavy atom. The van der Waals surface area contributed by atoms with Gasteiger partial charge in [-0.1, -0.05) is 0 Å². The van der Waals surface area contributed by atoms with E-state index < -0.39 is 6.01 Å². The highest BCUT2D eigenvalue weighted by Gasteiger charge is 2.08. The van der Waals surface area contributed by atoms with Gasteiger partial charge in [-0.05, 0) is 6.92 Å². The van der Waals surface area contributed by atoms with Crippen LogP contribution in [0.2, 0.25) is 0 Å². The Labute approximate surface area is 66.9 Å². The Kier molecular flexibility index (Phi) is 1.18. The molecular weight excluding hydrogens is 160 g/mol. The highest BCUT2D eigenvalue weighted by Crippen LogP contribution is 2.20. The van der Waals surface area contributed by atoms with Gasteiger partial charge in [-0.2, -0.15) is 9.97 Å². The standard InChI is InChI=1S/C6H6N4O2/c1-2-7-3-4(8-2)9-6(12)10-5(3)11/h1H3,(H3,7,8,9,10,11,12). The number of aromatic amines is 1. The third-order valence-corrected chi connectivity index (χ3v) is 1.44. The van der Waals surface area contributed by atoms with Crippen molar-refractivity contribution in [2.24, 2.45) is 0 Å². The molecule has 0 spiro atoms. The summed E-state index contributed by atoms with van der Waals surface area (Å²) in [5.74, 6) is 0.318. The highest BCUT2D eigenvalue weighted by atomic mass is 16.3. The van der Waals surface area contributed by atoms with E-state index in [1.165, 1.54) is 0 Å². The fourth-order valence-corrected chi connectivity index (χ4v) is 0.987. The smallest absolute Gasteiger partial charge is 0.319 e. The van der Waals surface area contributed by atoms with Crippen LogP contribution in [0.1, 0.15) is 5.82 Å². The Hall–Kier alpha value is -1.85. The van der Waals surface area contributed by atoms with Crippen LogP contribution < -0.4 is 0 Å². The van der Waals surface area contributed by atoms with Crippen molar-refractivity contribution in [3.05, 3.63) is 5.82 Å². The number of aromatic hydroxyl groups is 2. The van der Waals surface area contributed by atoms with Gasteiger partial charge in [0.15, 0.2) is 5.65 Å². The second-order valence-electron chi connectivity index (χ2n) is 2.37. The third-order valence-electron chi connectivity index (χ3n) is 1.44. The van der Waals surface area contributed by atoms with E-state index >= 15 is 0 Å². The first-order valence-electron chi connectivity index (χ1n) is 3.29. The summed E-state index contributed by atoms with van der Waals surface area (Å²) in [6.07, 6.45) is 0. The number of nitrogens with zero attached hydrogens (tertiary/aromatic N) is 3. The topological polar surface area (TPSA) is 94.9 Å². The van der Waals surface area contributed by atoms with E-state index in [-0.39, 0.29) is 11.5 Å². The molecule has 0 saturated heterocycles. The molecule has 0 aliphatic heterocycles. The zero-order chi connectivity index (χ0) is 8.72. The molecule has 0 aromatic carbocycles. The van der Waals surface area contributed by atoms with Crippen molar-refractivity contribution in [1.29, 1.82) is 0 Å². The SMILES string of the molecule is Cc1nc2nc(O)nc(O)c2[nH]1. The lowest BCUT2D eigenvalue weighted by Gasteiger charge is -1.91. The summed E-state index contributed by atoms with van der Waals surface area (Å²) in [6.45, 7) is 1.72. The third kappa shape index (κ3) is 0.849. The van der Waals surface area contributed by atoms with E-state index in [1.54, 1.807) is 6.92 Å². The summed E-state index contributed by atoms with van der Waals surface area (Å²) in [5.41, 5.74) is 0.600. The van der Waals surface area contributed by atoms with E-state index in [1.807, 2.05) is 0 Å². The Morgan fingerprint density at radius 3 is 2.67 bits per heavy atom. The fraction of sp³-hybridized carbons (Fsp3) is 0.167. The van der Waals surface area contributed by atoms with Crippen LogP contribution in [0.4, 0.5) is 0 Å². The van der Waals surface area contributed by atoms with Crippen molar-refractivity contribution in [1.82, 2.24) is 19.9 Å². The Balaban J connectivity index is 2.88. The molecular formula is C6H6N4O2. The van der Waals surface area contributed by atoms with Gasteiger partial charge < -0.3 is 15.2 Å². The van der Waals surface area contributed by atoms with Gasteiger partial charge in [-0.25, -0.2) is 4.98 Å². The molecule has 0 aliphatic carbocycles. The van der Waals surface area contributed by atoms with Gasteiger partial charge >= 0.3 is 6.01 Å². The summed E-state index contributed by atoms with van der Waals surface area (Å²) in [4.78, 5) is 13.6. The van der Waals surface area contributed by atoms with Gasteiger partial charge in [0.25, 0.3) is 0 Å². The van der Waals surface area contributed by atoms with Crippen LogP contribution >= 0.6 is 0 Å². The first-order valence-corrected chi connectivity index (χ1v) is 3.29. The minimum Gasteiger partial charge on any atom is -0.492 e. The predicted octanol–water partition coefficient (Wildman–Crippen LogP) is 0.0725. The van der Waals surface area contributed by atoms with Gasteiger partial charge in [-0.3, -0.25) is 0 Å². The van der Waals surface area contributed by atoms with Crippen LogP contribution in [-0.4, -0.2) is 30.1 Å². The molecule has 12 heavy (non-hydrogen) atoms. The van der Waals surface area contributed by atoms with Gasteiger partial charge in [0.1, 0.15) is 11.3 Å². The minimum absolute atomic E-state index is 0.262. The molecule has 2 rings (SSSR count). The van der Waals surface area contributed by atoms with Crippen LogP contribution in [0.3, 0.4) is 0 Å². The van der Waals surface area contributed by atoms with E-state index in [2.05, 4.69) is 19.9 Å². The molecule has 0 amide bonds. The van der Waals surface area contributed by atoms with Crippen LogP contribution in [0.5, 0.6) is 11.9 Å². The summed E-state index contributed by atoms with van der Waals surface area (Å²) in [7, 11) is 0. The summed E-state index contributed by atoms with van der Waals surface area (Å²) >= 11 is 0. The lowest BCUT2D eigenvalue weighted by molar-refractivity contribution is 0.403. The number of fused-ring (bicyclic) bond motifs is 1. The number of imidazole rings is 1. The molecule has 0 bridgehead atoms. The monoisotopic (exact) mass is 166 g/mol. The normalized spacial score (nSPS) is 10.8. The van der Waals surface area contributed by atoms with E-state index in [9.17, 15) is 5.11 Å². The molecule has 2 aromatic rings. The molecule has 6 nitrogen and oxygen atoms in total. The van der Waals surface area contributed by atoms with Crippen molar-refractivity contribution >= 4 is 11.2 Å². The lowest BCUT2D eigenvalue weighted by atomic mass is 10.5. The maximum atomic E-state index is 9.18. The van der Waals surface area contributed by atoms with Crippen LogP contribution in [-0.2, 0) is 0 Å². The van der Waals surface area contributed by atoms with Crippen molar-refractivity contribution in [2.45, 2.75) is 6.92 Å². The van der Waals surface area contributed by atoms with Crippen LogP contribution in [0.15, 0.2) is 0 Å². The average molecular weight is 166 g/mol. The molecule has 0 radical (unpaired) electrons. The molecule has 0 unspecified atom stereocenters. The average Bonchev–Trinajstić information content (AvgIpc) is 2.29. The van der Waals surface area contributed by atoms with Crippen LogP contribution in [0.25, 0.3) is 11.2 Å². The molecule has 2 heterocycles. The number of H-pyrrole nitrogens is 1. The number of rotatable bonds is 0.